The van der Waals surface area contributed by atoms with Gasteiger partial charge in [0.25, 0.3) is 0 Å². The molecule has 1 atom stereocenters. The molecule has 1 N–H and O–H groups in total. The minimum atomic E-state index is -0.626. The fourth-order valence-electron chi connectivity index (χ4n) is 2.07. The molecule has 0 radical (unpaired) electrons. The fraction of sp³-hybridized carbons (Fsp3) is 0.385. The molecule has 0 aromatic heterocycles. The minimum Gasteiger partial charge on any atom is -0.467 e. The van der Waals surface area contributed by atoms with Crippen LogP contribution in [0.3, 0.4) is 0 Å². The van der Waals surface area contributed by atoms with E-state index in [0.717, 1.165) is 15.7 Å². The number of carbonyl (C=O) groups is 2. The van der Waals surface area contributed by atoms with Gasteiger partial charge in [0.1, 0.15) is 6.04 Å². The molecule has 1 saturated heterocycles. The minimum absolute atomic E-state index is 0.186. The van der Waals surface area contributed by atoms with E-state index in [1.54, 1.807) is 0 Å². The predicted octanol–water partition coefficient (Wildman–Crippen LogP) is 1.24. The fourth-order valence-corrected chi connectivity index (χ4v) is 2.82. The van der Waals surface area contributed by atoms with E-state index in [1.807, 2.05) is 30.0 Å². The van der Waals surface area contributed by atoms with Crippen LogP contribution in [0.5, 0.6) is 0 Å². The molecule has 1 fully saturated rings. The summed E-state index contributed by atoms with van der Waals surface area (Å²) in [5.41, 5.74) is 2.02. The molecule has 1 unspecified atom stereocenters. The maximum Gasteiger partial charge on any atom is 0.330 e. The predicted molar refractivity (Wildman–Crippen MR) is 75.0 cm³/mol. The Labute approximate surface area is 120 Å². The molecule has 5 nitrogen and oxygen atoms in total. The molecule has 0 spiro atoms. The van der Waals surface area contributed by atoms with Crippen molar-refractivity contribution in [1.82, 2.24) is 5.32 Å². The van der Waals surface area contributed by atoms with E-state index in [0.29, 0.717) is 6.54 Å². The molecule has 1 aliphatic rings. The van der Waals surface area contributed by atoms with E-state index >= 15 is 0 Å². The summed E-state index contributed by atoms with van der Waals surface area (Å²) in [6, 6.07) is 5.26. The van der Waals surface area contributed by atoms with Crippen molar-refractivity contribution in [3.8, 4) is 0 Å². The van der Waals surface area contributed by atoms with E-state index in [1.165, 1.54) is 7.11 Å². The number of methoxy groups -OCH3 is 1. The summed E-state index contributed by atoms with van der Waals surface area (Å²) < 4.78 is 5.59. The number of esters is 1. The average molecular weight is 327 g/mol. The van der Waals surface area contributed by atoms with Gasteiger partial charge in [0.15, 0.2) is 0 Å². The number of carbonyl (C=O) groups excluding carboxylic acids is 2. The summed E-state index contributed by atoms with van der Waals surface area (Å²) in [6.07, 6.45) is 0. The van der Waals surface area contributed by atoms with Crippen molar-refractivity contribution in [3.05, 3.63) is 28.2 Å². The Kier molecular flexibility index (Phi) is 4.09. The summed E-state index contributed by atoms with van der Waals surface area (Å²) in [5.74, 6) is -0.615. The van der Waals surface area contributed by atoms with E-state index in [4.69, 9.17) is 0 Å². The van der Waals surface area contributed by atoms with Gasteiger partial charge in [-0.25, -0.2) is 4.79 Å². The van der Waals surface area contributed by atoms with Crippen LogP contribution in [0.1, 0.15) is 5.56 Å². The van der Waals surface area contributed by atoms with Crippen molar-refractivity contribution in [2.75, 3.05) is 25.1 Å². The zero-order chi connectivity index (χ0) is 14.0. The van der Waals surface area contributed by atoms with Gasteiger partial charge >= 0.3 is 5.97 Å². The molecule has 1 aromatic carbocycles. The normalized spacial score (nSPS) is 19.0. The van der Waals surface area contributed by atoms with Crippen molar-refractivity contribution >= 4 is 33.5 Å². The van der Waals surface area contributed by atoms with Gasteiger partial charge in [-0.1, -0.05) is 6.07 Å². The molecule has 1 aliphatic heterocycles. The summed E-state index contributed by atoms with van der Waals surface area (Å²) in [6.45, 7) is 2.63. The van der Waals surface area contributed by atoms with Crippen LogP contribution in [-0.2, 0) is 14.3 Å². The number of nitrogens with one attached hydrogen (secondary N) is 1. The maximum atomic E-state index is 11.7. The van der Waals surface area contributed by atoms with Crippen molar-refractivity contribution < 1.29 is 14.3 Å². The number of halogens is 1. The van der Waals surface area contributed by atoms with Gasteiger partial charge in [0.05, 0.1) is 19.3 Å². The van der Waals surface area contributed by atoms with Crippen molar-refractivity contribution in [2.45, 2.75) is 13.0 Å². The topological polar surface area (TPSA) is 58.6 Å². The smallest absolute Gasteiger partial charge is 0.330 e. The van der Waals surface area contributed by atoms with Crippen LogP contribution >= 0.6 is 15.9 Å². The van der Waals surface area contributed by atoms with Gasteiger partial charge in [0.2, 0.25) is 5.91 Å². The number of piperazine rings is 1. The second-order valence-electron chi connectivity index (χ2n) is 4.48. The molecule has 1 aromatic rings. The molecule has 1 amide bonds. The van der Waals surface area contributed by atoms with Crippen LogP contribution in [0.4, 0.5) is 5.69 Å². The van der Waals surface area contributed by atoms with Gasteiger partial charge < -0.3 is 15.0 Å². The second kappa shape index (κ2) is 5.61. The van der Waals surface area contributed by atoms with E-state index < -0.39 is 12.0 Å². The third kappa shape index (κ3) is 3.07. The third-order valence-electron chi connectivity index (χ3n) is 3.00. The molecule has 19 heavy (non-hydrogen) atoms. The van der Waals surface area contributed by atoms with Crippen molar-refractivity contribution in [2.24, 2.45) is 0 Å². The Balaban J connectivity index is 2.24. The Bertz CT molecular complexity index is 519. The number of anilines is 1. The van der Waals surface area contributed by atoms with E-state index in [9.17, 15) is 9.59 Å². The number of rotatable bonds is 2. The quantitative estimate of drug-likeness (QED) is 0.831. The number of hydrogen-bond donors (Lipinski definition) is 1. The van der Waals surface area contributed by atoms with Crippen molar-refractivity contribution in [3.63, 3.8) is 0 Å². The average Bonchev–Trinajstić information content (AvgIpc) is 2.37. The Morgan fingerprint density at radius 3 is 2.89 bits per heavy atom. The summed E-state index contributed by atoms with van der Waals surface area (Å²) in [4.78, 5) is 25.1. The number of aryl methyl sites for hydroxylation is 1. The van der Waals surface area contributed by atoms with Crippen LogP contribution in [0, 0.1) is 6.92 Å². The van der Waals surface area contributed by atoms with Crippen LogP contribution in [0.15, 0.2) is 22.7 Å². The van der Waals surface area contributed by atoms with Gasteiger partial charge in [-0.3, -0.25) is 4.79 Å². The molecule has 0 aliphatic carbocycles. The molecule has 0 saturated carbocycles. The number of nitrogens with zero attached hydrogens (tertiary/aromatic N) is 1. The Morgan fingerprint density at radius 2 is 2.26 bits per heavy atom. The summed E-state index contributed by atoms with van der Waals surface area (Å²) in [7, 11) is 1.31. The highest BCUT2D eigenvalue weighted by atomic mass is 79.9. The lowest BCUT2D eigenvalue weighted by atomic mass is 10.1. The van der Waals surface area contributed by atoms with Gasteiger partial charge in [0, 0.05) is 11.0 Å². The van der Waals surface area contributed by atoms with E-state index in [-0.39, 0.29) is 12.5 Å². The van der Waals surface area contributed by atoms with Gasteiger partial charge in [-0.15, -0.1) is 0 Å². The van der Waals surface area contributed by atoms with Crippen LogP contribution < -0.4 is 10.2 Å². The van der Waals surface area contributed by atoms with Crippen LogP contribution in [0.2, 0.25) is 0 Å². The summed E-state index contributed by atoms with van der Waals surface area (Å²) in [5, 5.41) is 2.63. The van der Waals surface area contributed by atoms with Crippen LogP contribution in [0.25, 0.3) is 0 Å². The lowest BCUT2D eigenvalue weighted by Gasteiger charge is -2.33. The number of benzene rings is 1. The monoisotopic (exact) mass is 326 g/mol. The Hall–Kier alpha value is -1.56. The largest absolute Gasteiger partial charge is 0.467 e. The zero-order valence-electron chi connectivity index (χ0n) is 10.8. The first-order chi connectivity index (χ1) is 9.01. The zero-order valence-corrected chi connectivity index (χ0v) is 12.4. The molecule has 1 heterocycles. The first kappa shape index (κ1) is 13.9. The highest BCUT2D eigenvalue weighted by Gasteiger charge is 2.31. The Morgan fingerprint density at radius 1 is 1.53 bits per heavy atom. The standard InChI is InChI=1S/C13H15BrN2O3/c1-8-3-4-11(9(14)5-8)16-6-10(13(18)19-2)15-12(17)7-16/h3-5,10H,6-7H2,1-2H3,(H,15,17). The van der Waals surface area contributed by atoms with Crippen molar-refractivity contribution in [1.29, 1.82) is 0 Å². The first-order valence-corrected chi connectivity index (χ1v) is 6.69. The highest BCUT2D eigenvalue weighted by molar-refractivity contribution is 9.10. The van der Waals surface area contributed by atoms with E-state index in [2.05, 4.69) is 26.0 Å². The molecular weight excluding hydrogens is 312 g/mol. The molecular formula is C13H15BrN2O3. The lowest BCUT2D eigenvalue weighted by molar-refractivity contribution is -0.145. The number of amides is 1. The summed E-state index contributed by atoms with van der Waals surface area (Å²) >= 11 is 3.49. The molecule has 6 heteroatoms. The first-order valence-electron chi connectivity index (χ1n) is 5.89. The third-order valence-corrected chi connectivity index (χ3v) is 3.64. The maximum absolute atomic E-state index is 11.7. The van der Waals surface area contributed by atoms with Crippen LogP contribution in [-0.4, -0.2) is 38.1 Å². The second-order valence-corrected chi connectivity index (χ2v) is 5.33. The SMILES string of the molecule is COC(=O)C1CN(c2ccc(C)cc2Br)CC(=O)N1. The molecule has 2 rings (SSSR count). The van der Waals surface area contributed by atoms with Gasteiger partial charge in [-0.05, 0) is 40.5 Å². The lowest BCUT2D eigenvalue weighted by Crippen LogP contribution is -2.57. The van der Waals surface area contributed by atoms with Gasteiger partial charge in [-0.2, -0.15) is 0 Å². The number of hydrogen-bond acceptors (Lipinski definition) is 4. The number of ether oxygens (including phenoxy) is 1. The molecule has 0 bridgehead atoms. The molecule has 102 valence electrons. The highest BCUT2D eigenvalue weighted by Crippen LogP contribution is 2.28.